The Morgan fingerprint density at radius 2 is 1.90 bits per heavy atom. The number of rotatable bonds is 6. The molecule has 0 saturated heterocycles. The first-order chi connectivity index (χ1) is 10.0. The third kappa shape index (κ3) is 6.76. The second kappa shape index (κ2) is 8.36. The lowest BCUT2D eigenvalue weighted by molar-refractivity contribution is -0.142. The summed E-state index contributed by atoms with van der Waals surface area (Å²) in [7, 11) is 1.18. The van der Waals surface area contributed by atoms with Crippen LogP contribution in [-0.2, 0) is 23.9 Å². The molecular weight excluding hydrogens is 280 g/mol. The fourth-order valence-electron chi connectivity index (χ4n) is 1.22. The Balaban J connectivity index is 2.29. The number of benzene rings is 1. The van der Waals surface area contributed by atoms with E-state index in [4.69, 9.17) is 4.74 Å². The van der Waals surface area contributed by atoms with Crippen LogP contribution in [0.4, 0.5) is 0 Å². The Kier molecular flexibility index (Phi) is 6.46. The Hall–Kier alpha value is -2.83. The smallest absolute Gasteiger partial charge is 0.331 e. The van der Waals surface area contributed by atoms with Gasteiger partial charge in [0.1, 0.15) is 18.1 Å². The second-order valence-corrected chi connectivity index (χ2v) is 3.75. The summed E-state index contributed by atoms with van der Waals surface area (Å²) in [6.45, 7) is -0.192. The number of methoxy groups -OCH3 is 1. The van der Waals surface area contributed by atoms with Gasteiger partial charge in [-0.25, -0.2) is 9.59 Å². The van der Waals surface area contributed by atoms with Crippen LogP contribution in [0.25, 0.3) is 0 Å². The molecule has 0 bridgehead atoms. The molecular formula is C14H14O7. The number of carbonyl (C=O) groups is 3. The molecule has 0 saturated carbocycles. The summed E-state index contributed by atoms with van der Waals surface area (Å²) in [5.74, 6) is -1.91. The SMILES string of the molecule is COC(=O)/C=C/C(=O)OCCC(=O)Oc1cccc(O)c1. The molecule has 1 rings (SSSR count). The average molecular weight is 294 g/mol. The van der Waals surface area contributed by atoms with Gasteiger partial charge in [0.15, 0.2) is 0 Å². The summed E-state index contributed by atoms with van der Waals surface area (Å²) < 4.78 is 13.9. The fraction of sp³-hybridized carbons (Fsp3) is 0.214. The molecule has 0 aliphatic carbocycles. The molecule has 7 heteroatoms. The van der Waals surface area contributed by atoms with Gasteiger partial charge in [0.05, 0.1) is 13.5 Å². The van der Waals surface area contributed by atoms with Gasteiger partial charge < -0.3 is 19.3 Å². The van der Waals surface area contributed by atoms with Crippen molar-refractivity contribution in [1.82, 2.24) is 0 Å². The number of aromatic hydroxyl groups is 1. The van der Waals surface area contributed by atoms with Crippen molar-refractivity contribution >= 4 is 17.9 Å². The van der Waals surface area contributed by atoms with Gasteiger partial charge in [-0.15, -0.1) is 0 Å². The minimum Gasteiger partial charge on any atom is -0.508 e. The van der Waals surface area contributed by atoms with Crippen molar-refractivity contribution in [2.75, 3.05) is 13.7 Å². The molecule has 0 aromatic heterocycles. The molecule has 7 nitrogen and oxygen atoms in total. The predicted octanol–water partition coefficient (Wildman–Crippen LogP) is 0.960. The quantitative estimate of drug-likeness (QED) is 0.474. The van der Waals surface area contributed by atoms with Crippen molar-refractivity contribution in [3.8, 4) is 11.5 Å². The Morgan fingerprint density at radius 1 is 1.19 bits per heavy atom. The molecule has 0 amide bonds. The van der Waals surface area contributed by atoms with Crippen molar-refractivity contribution in [3.63, 3.8) is 0 Å². The Morgan fingerprint density at radius 3 is 2.57 bits per heavy atom. The van der Waals surface area contributed by atoms with Gasteiger partial charge in [0.2, 0.25) is 0 Å². The second-order valence-electron chi connectivity index (χ2n) is 3.75. The summed E-state index contributed by atoms with van der Waals surface area (Å²) in [5, 5.41) is 9.19. The van der Waals surface area contributed by atoms with Crippen molar-refractivity contribution in [2.24, 2.45) is 0 Å². The van der Waals surface area contributed by atoms with E-state index in [1.807, 2.05) is 0 Å². The molecule has 0 atom stereocenters. The number of hydrogen-bond acceptors (Lipinski definition) is 7. The number of carbonyl (C=O) groups excluding carboxylic acids is 3. The summed E-state index contributed by atoms with van der Waals surface area (Å²) in [6.07, 6.45) is 1.65. The van der Waals surface area contributed by atoms with Gasteiger partial charge in [-0.1, -0.05) is 6.07 Å². The zero-order chi connectivity index (χ0) is 15.7. The van der Waals surface area contributed by atoms with Gasteiger partial charge >= 0.3 is 17.9 Å². The van der Waals surface area contributed by atoms with Crippen molar-refractivity contribution in [3.05, 3.63) is 36.4 Å². The first-order valence-electron chi connectivity index (χ1n) is 5.94. The molecule has 21 heavy (non-hydrogen) atoms. The normalized spacial score (nSPS) is 10.1. The van der Waals surface area contributed by atoms with E-state index in [0.29, 0.717) is 0 Å². The lowest BCUT2D eigenvalue weighted by Crippen LogP contribution is -2.13. The van der Waals surface area contributed by atoms with E-state index < -0.39 is 17.9 Å². The largest absolute Gasteiger partial charge is 0.508 e. The van der Waals surface area contributed by atoms with Gasteiger partial charge in [-0.3, -0.25) is 4.79 Å². The van der Waals surface area contributed by atoms with Crippen LogP contribution in [0.1, 0.15) is 6.42 Å². The summed E-state index contributed by atoms with van der Waals surface area (Å²) >= 11 is 0. The molecule has 1 N–H and O–H groups in total. The molecule has 0 spiro atoms. The van der Waals surface area contributed by atoms with Crippen molar-refractivity contribution < 1.29 is 33.7 Å². The van der Waals surface area contributed by atoms with E-state index in [1.165, 1.54) is 31.4 Å². The van der Waals surface area contributed by atoms with Crippen LogP contribution in [0.15, 0.2) is 36.4 Å². The van der Waals surface area contributed by atoms with E-state index >= 15 is 0 Å². The third-order valence-corrected chi connectivity index (χ3v) is 2.16. The average Bonchev–Trinajstić information content (AvgIpc) is 2.44. The Labute approximate surface area is 120 Å². The van der Waals surface area contributed by atoms with Crippen LogP contribution in [0.2, 0.25) is 0 Å². The van der Waals surface area contributed by atoms with Gasteiger partial charge in [0, 0.05) is 18.2 Å². The molecule has 0 unspecified atom stereocenters. The zero-order valence-electron chi connectivity index (χ0n) is 11.3. The first-order valence-corrected chi connectivity index (χ1v) is 5.94. The first kappa shape index (κ1) is 16.2. The van der Waals surface area contributed by atoms with Crippen molar-refractivity contribution in [2.45, 2.75) is 6.42 Å². The zero-order valence-corrected chi connectivity index (χ0v) is 11.3. The molecule has 0 heterocycles. The number of esters is 3. The highest BCUT2D eigenvalue weighted by Gasteiger charge is 2.07. The van der Waals surface area contributed by atoms with E-state index in [1.54, 1.807) is 0 Å². The maximum absolute atomic E-state index is 11.4. The Bertz CT molecular complexity index is 548. The van der Waals surface area contributed by atoms with Gasteiger partial charge in [-0.05, 0) is 12.1 Å². The van der Waals surface area contributed by atoms with Gasteiger partial charge in [-0.2, -0.15) is 0 Å². The van der Waals surface area contributed by atoms with Gasteiger partial charge in [0.25, 0.3) is 0 Å². The van der Waals surface area contributed by atoms with Crippen LogP contribution in [-0.4, -0.2) is 36.7 Å². The topological polar surface area (TPSA) is 99.1 Å². The highest BCUT2D eigenvalue weighted by Crippen LogP contribution is 2.17. The lowest BCUT2D eigenvalue weighted by atomic mass is 10.3. The van der Waals surface area contributed by atoms with E-state index in [-0.39, 0.29) is 24.5 Å². The predicted molar refractivity (Wildman–Crippen MR) is 70.5 cm³/mol. The summed E-state index contributed by atoms with van der Waals surface area (Å²) in [4.78, 5) is 33.3. The van der Waals surface area contributed by atoms with E-state index in [0.717, 1.165) is 12.2 Å². The highest BCUT2D eigenvalue weighted by atomic mass is 16.6. The summed E-state index contributed by atoms with van der Waals surface area (Å²) in [5.41, 5.74) is 0. The van der Waals surface area contributed by atoms with Crippen LogP contribution < -0.4 is 4.74 Å². The number of phenolic OH excluding ortho intramolecular Hbond substituents is 1. The third-order valence-electron chi connectivity index (χ3n) is 2.16. The fourth-order valence-corrected chi connectivity index (χ4v) is 1.22. The molecule has 0 aliphatic heterocycles. The molecule has 0 radical (unpaired) electrons. The maximum Gasteiger partial charge on any atom is 0.331 e. The van der Waals surface area contributed by atoms with E-state index in [2.05, 4.69) is 9.47 Å². The standard InChI is InChI=1S/C14H14O7/c1-19-12(16)5-6-13(17)20-8-7-14(18)21-11-4-2-3-10(15)9-11/h2-6,9,15H,7-8H2,1H3/b6-5+. The van der Waals surface area contributed by atoms with E-state index in [9.17, 15) is 19.5 Å². The van der Waals surface area contributed by atoms with Crippen LogP contribution in [0.5, 0.6) is 11.5 Å². The van der Waals surface area contributed by atoms with Crippen LogP contribution >= 0.6 is 0 Å². The minimum atomic E-state index is -0.773. The lowest BCUT2D eigenvalue weighted by Gasteiger charge is -2.04. The molecule has 112 valence electrons. The van der Waals surface area contributed by atoms with Crippen LogP contribution in [0, 0.1) is 0 Å². The number of ether oxygens (including phenoxy) is 3. The van der Waals surface area contributed by atoms with Crippen LogP contribution in [0.3, 0.4) is 0 Å². The molecule has 0 aliphatic rings. The minimum absolute atomic E-state index is 0.0281. The molecule has 1 aromatic carbocycles. The monoisotopic (exact) mass is 294 g/mol. The van der Waals surface area contributed by atoms with Crippen molar-refractivity contribution in [1.29, 1.82) is 0 Å². The molecule has 1 aromatic rings. The molecule has 0 fully saturated rings. The number of hydrogen-bond donors (Lipinski definition) is 1. The number of phenols is 1. The maximum atomic E-state index is 11.4. The highest BCUT2D eigenvalue weighted by molar-refractivity contribution is 5.91. The summed E-state index contributed by atoms with van der Waals surface area (Å²) in [6, 6.07) is 5.74.